The average Bonchev–Trinajstić information content (AvgIpc) is 3.11. The van der Waals surface area contributed by atoms with Crippen LogP contribution in [0.1, 0.15) is 33.6 Å². The number of nitrogens with one attached hydrogen (secondary N) is 1. The fourth-order valence-electron chi connectivity index (χ4n) is 3.34. The van der Waals surface area contributed by atoms with Gasteiger partial charge in [-0.1, -0.05) is 13.3 Å². The molecule has 0 spiro atoms. The number of hydrogen-bond acceptors (Lipinski definition) is 7. The third-order valence-corrected chi connectivity index (χ3v) is 5.10. The Morgan fingerprint density at radius 2 is 2.20 bits per heavy atom. The second-order valence-corrected chi connectivity index (χ2v) is 6.59. The third kappa shape index (κ3) is 2.58. The molecule has 0 aromatic carbocycles. The number of H-pyrrole nitrogens is 1. The first-order chi connectivity index (χ1) is 11.9. The van der Waals surface area contributed by atoms with Gasteiger partial charge in [-0.2, -0.15) is 0 Å². The molecule has 0 bridgehead atoms. The lowest BCUT2D eigenvalue weighted by atomic mass is 9.88. The maximum Gasteiger partial charge on any atom is 0.278 e. The van der Waals surface area contributed by atoms with Crippen molar-refractivity contribution in [3.05, 3.63) is 23.0 Å². The maximum absolute atomic E-state index is 11.9. The lowest BCUT2D eigenvalue weighted by molar-refractivity contribution is -0.200. The van der Waals surface area contributed by atoms with E-state index in [0.717, 1.165) is 12.8 Å². The lowest BCUT2D eigenvalue weighted by Gasteiger charge is -2.41. The van der Waals surface area contributed by atoms with E-state index in [0.29, 0.717) is 12.3 Å². The van der Waals surface area contributed by atoms with Gasteiger partial charge in [-0.25, -0.2) is 9.97 Å². The Kier molecular flexibility index (Phi) is 4.67. The van der Waals surface area contributed by atoms with E-state index in [4.69, 9.17) is 9.47 Å². The van der Waals surface area contributed by atoms with Crippen molar-refractivity contribution in [1.82, 2.24) is 19.5 Å². The standard InChI is InChI=1S/C16H24N4O5/c1-4-5-6-24-15(2)12(22)10(7-21)25-16(15,3)20-9-19-11-13(20)17-8-18-14(11)23/h8-10,12,21-22H,4-7H2,1-3H3,(H,17,18,23)/t10-,12-,15-,16-/m1/s1. The van der Waals surface area contributed by atoms with Gasteiger partial charge in [-0.15, -0.1) is 0 Å². The van der Waals surface area contributed by atoms with Crippen molar-refractivity contribution < 1.29 is 19.7 Å². The summed E-state index contributed by atoms with van der Waals surface area (Å²) in [5, 5.41) is 20.3. The first-order valence-corrected chi connectivity index (χ1v) is 8.41. The summed E-state index contributed by atoms with van der Waals surface area (Å²) in [6.07, 6.45) is 2.62. The van der Waals surface area contributed by atoms with Crippen LogP contribution in [-0.2, 0) is 15.2 Å². The molecule has 2 aromatic rings. The van der Waals surface area contributed by atoms with E-state index < -0.39 is 23.5 Å². The van der Waals surface area contributed by atoms with Gasteiger partial charge in [-0.3, -0.25) is 9.36 Å². The summed E-state index contributed by atoms with van der Waals surface area (Å²) in [6.45, 7) is 5.60. The minimum Gasteiger partial charge on any atom is -0.394 e. The minimum absolute atomic E-state index is 0.171. The van der Waals surface area contributed by atoms with Gasteiger partial charge in [0.1, 0.15) is 17.8 Å². The Morgan fingerprint density at radius 3 is 2.88 bits per heavy atom. The van der Waals surface area contributed by atoms with Crippen LogP contribution in [0.2, 0.25) is 0 Å². The summed E-state index contributed by atoms with van der Waals surface area (Å²) in [4.78, 5) is 22.7. The van der Waals surface area contributed by atoms with Gasteiger partial charge < -0.3 is 24.7 Å². The highest BCUT2D eigenvalue weighted by atomic mass is 16.6. The van der Waals surface area contributed by atoms with Crippen LogP contribution >= 0.6 is 0 Å². The number of nitrogens with zero attached hydrogens (tertiary/aromatic N) is 3. The normalized spacial score (nSPS) is 32.5. The Balaban J connectivity index is 2.11. The van der Waals surface area contributed by atoms with Gasteiger partial charge in [0, 0.05) is 6.61 Å². The van der Waals surface area contributed by atoms with Crippen LogP contribution in [0.4, 0.5) is 0 Å². The number of fused-ring (bicyclic) bond motifs is 1. The van der Waals surface area contributed by atoms with Crippen LogP contribution in [0.3, 0.4) is 0 Å². The van der Waals surface area contributed by atoms with Crippen LogP contribution in [0.15, 0.2) is 17.4 Å². The fraction of sp³-hybridized carbons (Fsp3) is 0.688. The smallest absolute Gasteiger partial charge is 0.278 e. The zero-order valence-corrected chi connectivity index (χ0v) is 14.6. The summed E-state index contributed by atoms with van der Waals surface area (Å²) < 4.78 is 13.6. The zero-order chi connectivity index (χ0) is 18.2. The van der Waals surface area contributed by atoms with E-state index in [1.54, 1.807) is 18.4 Å². The predicted molar refractivity (Wildman–Crippen MR) is 89.0 cm³/mol. The van der Waals surface area contributed by atoms with Crippen molar-refractivity contribution in [1.29, 1.82) is 0 Å². The van der Waals surface area contributed by atoms with Gasteiger partial charge in [0.05, 0.1) is 19.3 Å². The molecule has 1 aliphatic heterocycles. The number of hydrogen-bond donors (Lipinski definition) is 3. The van der Waals surface area contributed by atoms with Gasteiger partial charge in [0.25, 0.3) is 5.56 Å². The molecule has 138 valence electrons. The molecule has 2 aromatic heterocycles. The van der Waals surface area contributed by atoms with E-state index in [1.807, 2.05) is 6.92 Å². The first-order valence-electron chi connectivity index (χ1n) is 8.41. The first kappa shape index (κ1) is 18.0. The summed E-state index contributed by atoms with van der Waals surface area (Å²) in [6, 6.07) is 0. The fourth-order valence-corrected chi connectivity index (χ4v) is 3.34. The van der Waals surface area contributed by atoms with Crippen LogP contribution in [0, 0.1) is 0 Å². The average molecular weight is 352 g/mol. The van der Waals surface area contributed by atoms with Gasteiger partial charge >= 0.3 is 0 Å². The van der Waals surface area contributed by atoms with Crippen LogP contribution in [0.5, 0.6) is 0 Å². The van der Waals surface area contributed by atoms with Crippen molar-refractivity contribution in [2.24, 2.45) is 0 Å². The van der Waals surface area contributed by atoms with Crippen LogP contribution in [-0.4, -0.2) is 60.8 Å². The number of aromatic nitrogens is 4. The van der Waals surface area contributed by atoms with E-state index in [9.17, 15) is 15.0 Å². The van der Waals surface area contributed by atoms with Crippen LogP contribution in [0.25, 0.3) is 11.2 Å². The lowest BCUT2D eigenvalue weighted by Crippen LogP contribution is -2.56. The molecule has 0 radical (unpaired) electrons. The van der Waals surface area contributed by atoms with Crippen molar-refractivity contribution in [2.75, 3.05) is 13.2 Å². The Hall–Kier alpha value is -1.81. The quantitative estimate of drug-likeness (QED) is 0.631. The molecule has 3 rings (SSSR count). The highest BCUT2D eigenvalue weighted by Gasteiger charge is 2.63. The van der Waals surface area contributed by atoms with Crippen molar-refractivity contribution in [2.45, 2.75) is 57.1 Å². The number of ether oxygens (including phenoxy) is 2. The molecule has 25 heavy (non-hydrogen) atoms. The predicted octanol–water partition coefficient (Wildman–Crippen LogP) is 0.120. The molecule has 9 nitrogen and oxygen atoms in total. The molecule has 1 aliphatic rings. The molecule has 3 heterocycles. The van der Waals surface area contributed by atoms with Crippen molar-refractivity contribution in [3.8, 4) is 0 Å². The summed E-state index contributed by atoms with van der Waals surface area (Å²) in [7, 11) is 0. The topological polar surface area (TPSA) is 122 Å². The Bertz CT molecular complexity index is 805. The molecule has 1 fully saturated rings. The molecule has 0 unspecified atom stereocenters. The van der Waals surface area contributed by atoms with E-state index >= 15 is 0 Å². The third-order valence-electron chi connectivity index (χ3n) is 5.10. The van der Waals surface area contributed by atoms with Crippen molar-refractivity contribution >= 4 is 11.2 Å². The number of unbranched alkanes of at least 4 members (excludes halogenated alkanes) is 1. The maximum atomic E-state index is 11.9. The van der Waals surface area contributed by atoms with E-state index in [2.05, 4.69) is 15.0 Å². The largest absolute Gasteiger partial charge is 0.394 e. The molecule has 1 saturated heterocycles. The highest BCUT2D eigenvalue weighted by molar-refractivity contribution is 5.69. The molecule has 4 atom stereocenters. The van der Waals surface area contributed by atoms with Crippen LogP contribution < -0.4 is 5.56 Å². The molecular formula is C16H24N4O5. The van der Waals surface area contributed by atoms with Gasteiger partial charge in [0.15, 0.2) is 16.9 Å². The van der Waals surface area contributed by atoms with E-state index in [-0.39, 0.29) is 17.7 Å². The molecule has 0 saturated carbocycles. The molecule has 0 aliphatic carbocycles. The van der Waals surface area contributed by atoms with Crippen molar-refractivity contribution in [3.63, 3.8) is 0 Å². The van der Waals surface area contributed by atoms with E-state index in [1.165, 1.54) is 12.7 Å². The SMILES string of the molecule is CCCCO[C@]1(C)[C@H](O)[C@@H](CO)O[C@@]1(C)n1cnc2c(=O)[nH]cnc21. The summed E-state index contributed by atoms with van der Waals surface area (Å²) >= 11 is 0. The van der Waals surface area contributed by atoms with Gasteiger partial charge in [0.2, 0.25) is 0 Å². The molecular weight excluding hydrogens is 328 g/mol. The minimum atomic E-state index is -1.21. The monoisotopic (exact) mass is 352 g/mol. The Labute approximate surface area is 144 Å². The number of imidazole rings is 1. The van der Waals surface area contributed by atoms with Gasteiger partial charge in [-0.05, 0) is 20.3 Å². The number of rotatable bonds is 6. The number of aromatic amines is 1. The zero-order valence-electron chi connectivity index (χ0n) is 14.6. The number of aliphatic hydroxyl groups is 2. The second kappa shape index (κ2) is 6.49. The molecule has 9 heteroatoms. The Morgan fingerprint density at radius 1 is 1.44 bits per heavy atom. The summed E-state index contributed by atoms with van der Waals surface area (Å²) in [5.41, 5.74) is -2.23. The molecule has 0 amide bonds. The highest BCUT2D eigenvalue weighted by Crippen LogP contribution is 2.46. The molecule has 3 N–H and O–H groups in total. The second-order valence-electron chi connectivity index (χ2n) is 6.59. The number of aliphatic hydroxyl groups excluding tert-OH is 2. The summed E-state index contributed by atoms with van der Waals surface area (Å²) in [5.74, 6) is 0.